The number of benzene rings is 1. The molecule has 0 aliphatic rings. The van der Waals surface area contributed by atoms with Gasteiger partial charge < -0.3 is 9.55 Å². The highest BCUT2D eigenvalue weighted by atomic mass is 32.2. The Bertz CT molecular complexity index is 986. The van der Waals surface area contributed by atoms with Crippen LogP contribution in [0.4, 0.5) is 0 Å². The monoisotopic (exact) mass is 339 g/mol. The number of aromatic amines is 1. The topological polar surface area (TPSA) is 110 Å². The number of hydrogen-bond acceptors (Lipinski definition) is 6. The fourth-order valence-corrected chi connectivity index (χ4v) is 4.21. The average molecular weight is 339 g/mol. The zero-order valence-corrected chi connectivity index (χ0v) is 13.4. The molecule has 1 aromatic carbocycles. The maximum atomic E-state index is 12.4. The van der Waals surface area contributed by atoms with Gasteiger partial charge in [0.05, 0.1) is 21.2 Å². The first-order chi connectivity index (χ1) is 10.4. The molecule has 116 valence electrons. The van der Waals surface area contributed by atoms with Crippen molar-refractivity contribution in [2.75, 3.05) is 0 Å². The highest BCUT2D eigenvalue weighted by Crippen LogP contribution is 2.21. The summed E-state index contributed by atoms with van der Waals surface area (Å²) in [6, 6.07) is 3.98. The van der Waals surface area contributed by atoms with Gasteiger partial charge in [0.2, 0.25) is 10.0 Å². The molecule has 1 atom stereocenters. The first-order valence-corrected chi connectivity index (χ1v) is 8.66. The van der Waals surface area contributed by atoms with Gasteiger partial charge in [0.15, 0.2) is 0 Å². The van der Waals surface area contributed by atoms with Crippen LogP contribution < -0.4 is 9.60 Å². The van der Waals surface area contributed by atoms with Gasteiger partial charge >= 0.3 is 4.87 Å². The number of nitrogens with one attached hydrogen (secondary N) is 2. The quantitative estimate of drug-likeness (QED) is 0.729. The number of fused-ring (bicyclic) bond motifs is 1. The number of aryl methyl sites for hydroxylation is 1. The highest BCUT2D eigenvalue weighted by Gasteiger charge is 2.21. The standard InChI is InChI=1S/C12H13N5O3S2/c1-7(11-15-13-6-17(11)2)16-22(19,20)8-3-4-9-10(5-8)21-12(18)14-9/h3-7,16H,1-2H3,(H,14,18). The molecule has 0 saturated carbocycles. The third-order valence-electron chi connectivity index (χ3n) is 3.17. The summed E-state index contributed by atoms with van der Waals surface area (Å²) in [6.07, 6.45) is 1.50. The minimum absolute atomic E-state index is 0.101. The van der Waals surface area contributed by atoms with Gasteiger partial charge in [-0.15, -0.1) is 10.2 Å². The molecule has 0 radical (unpaired) electrons. The van der Waals surface area contributed by atoms with Gasteiger partial charge in [0.25, 0.3) is 0 Å². The molecule has 2 aromatic heterocycles. The van der Waals surface area contributed by atoms with Gasteiger partial charge in [-0.25, -0.2) is 13.1 Å². The first-order valence-electron chi connectivity index (χ1n) is 6.36. The molecule has 0 aliphatic heterocycles. The first kappa shape index (κ1) is 14.9. The van der Waals surface area contributed by atoms with E-state index in [2.05, 4.69) is 19.9 Å². The minimum atomic E-state index is -3.72. The van der Waals surface area contributed by atoms with E-state index in [0.717, 1.165) is 11.3 Å². The molecule has 0 aliphatic carbocycles. The second-order valence-corrected chi connectivity index (χ2v) is 7.54. The van der Waals surface area contributed by atoms with Crippen molar-refractivity contribution < 1.29 is 8.42 Å². The van der Waals surface area contributed by atoms with E-state index >= 15 is 0 Å². The van der Waals surface area contributed by atoms with Gasteiger partial charge in [0.1, 0.15) is 12.2 Å². The van der Waals surface area contributed by atoms with E-state index in [1.54, 1.807) is 24.6 Å². The molecule has 8 nitrogen and oxygen atoms in total. The predicted molar refractivity (Wildman–Crippen MR) is 82.2 cm³/mol. The second-order valence-electron chi connectivity index (χ2n) is 4.82. The molecule has 3 aromatic rings. The van der Waals surface area contributed by atoms with Crippen LogP contribution >= 0.6 is 11.3 Å². The smallest absolute Gasteiger partial charge is 0.305 e. The molecule has 1 unspecified atom stereocenters. The van der Waals surface area contributed by atoms with Crippen LogP contribution in [0, 0.1) is 0 Å². The van der Waals surface area contributed by atoms with E-state index in [1.165, 1.54) is 18.5 Å². The van der Waals surface area contributed by atoms with Gasteiger partial charge in [0, 0.05) is 7.05 Å². The molecule has 0 saturated heterocycles. The minimum Gasteiger partial charge on any atom is -0.319 e. The summed E-state index contributed by atoms with van der Waals surface area (Å²) < 4.78 is 29.7. The Morgan fingerprint density at radius 3 is 2.86 bits per heavy atom. The van der Waals surface area contributed by atoms with Gasteiger partial charge in [-0.05, 0) is 25.1 Å². The zero-order chi connectivity index (χ0) is 15.9. The average Bonchev–Trinajstić information content (AvgIpc) is 3.01. The van der Waals surface area contributed by atoms with Crippen molar-refractivity contribution >= 4 is 31.6 Å². The summed E-state index contributed by atoms with van der Waals surface area (Å²) in [5, 5.41) is 7.62. The molecule has 0 bridgehead atoms. The number of thiazole rings is 1. The Morgan fingerprint density at radius 2 is 2.18 bits per heavy atom. The number of rotatable bonds is 4. The summed E-state index contributed by atoms with van der Waals surface area (Å²) in [5.41, 5.74) is 0.621. The number of aromatic nitrogens is 4. The third-order valence-corrected chi connectivity index (χ3v) is 5.55. The molecule has 22 heavy (non-hydrogen) atoms. The summed E-state index contributed by atoms with van der Waals surface area (Å²) >= 11 is 0.972. The molecule has 3 rings (SSSR count). The van der Waals surface area contributed by atoms with E-state index in [-0.39, 0.29) is 9.77 Å². The predicted octanol–water partition coefficient (Wildman–Crippen LogP) is 0.758. The molecule has 0 fully saturated rings. The summed E-state index contributed by atoms with van der Waals surface area (Å²) in [5.74, 6) is 0.510. The molecule has 0 amide bonds. The molecule has 10 heteroatoms. The maximum absolute atomic E-state index is 12.4. The molecule has 2 N–H and O–H groups in total. The van der Waals surface area contributed by atoms with Crippen LogP contribution in [-0.2, 0) is 17.1 Å². The Balaban J connectivity index is 1.94. The van der Waals surface area contributed by atoms with Crippen molar-refractivity contribution in [2.45, 2.75) is 17.9 Å². The summed E-state index contributed by atoms with van der Waals surface area (Å²) in [6.45, 7) is 1.69. The Kier molecular flexibility index (Phi) is 3.59. The van der Waals surface area contributed by atoms with Crippen LogP contribution in [0.3, 0.4) is 0 Å². The van der Waals surface area contributed by atoms with Crippen molar-refractivity contribution in [1.29, 1.82) is 0 Å². The lowest BCUT2D eigenvalue weighted by Gasteiger charge is -2.13. The lowest BCUT2D eigenvalue weighted by molar-refractivity contribution is 0.553. The lowest BCUT2D eigenvalue weighted by Crippen LogP contribution is -2.28. The number of sulfonamides is 1. The van der Waals surface area contributed by atoms with Gasteiger partial charge in [-0.2, -0.15) is 0 Å². The van der Waals surface area contributed by atoms with Crippen molar-refractivity contribution in [3.8, 4) is 0 Å². The van der Waals surface area contributed by atoms with E-state index in [1.807, 2.05) is 0 Å². The summed E-state index contributed by atoms with van der Waals surface area (Å²) in [7, 11) is -1.99. The van der Waals surface area contributed by atoms with Crippen LogP contribution in [0.15, 0.2) is 34.2 Å². The van der Waals surface area contributed by atoms with Gasteiger partial charge in [-0.1, -0.05) is 11.3 Å². The second kappa shape index (κ2) is 5.30. The Labute approximate surface area is 129 Å². The molecule has 2 heterocycles. The fourth-order valence-electron chi connectivity index (χ4n) is 2.13. The highest BCUT2D eigenvalue weighted by molar-refractivity contribution is 7.89. The van der Waals surface area contributed by atoms with Crippen molar-refractivity contribution in [3.05, 3.63) is 40.0 Å². The number of nitrogens with zero attached hydrogens (tertiary/aromatic N) is 3. The normalized spacial score (nSPS) is 13.5. The van der Waals surface area contributed by atoms with Crippen molar-refractivity contribution in [3.63, 3.8) is 0 Å². The lowest BCUT2D eigenvalue weighted by atomic mass is 10.3. The Morgan fingerprint density at radius 1 is 1.41 bits per heavy atom. The third kappa shape index (κ3) is 2.67. The zero-order valence-electron chi connectivity index (χ0n) is 11.8. The van der Waals surface area contributed by atoms with E-state index < -0.39 is 16.1 Å². The fraction of sp³-hybridized carbons (Fsp3) is 0.250. The molecular formula is C12H13N5O3S2. The van der Waals surface area contributed by atoms with Crippen molar-refractivity contribution in [1.82, 2.24) is 24.5 Å². The molecular weight excluding hydrogens is 326 g/mol. The molecule has 0 spiro atoms. The van der Waals surface area contributed by atoms with Crippen LogP contribution in [0.25, 0.3) is 10.2 Å². The van der Waals surface area contributed by atoms with Crippen LogP contribution in [0.5, 0.6) is 0 Å². The largest absolute Gasteiger partial charge is 0.319 e. The van der Waals surface area contributed by atoms with Crippen LogP contribution in [-0.4, -0.2) is 28.2 Å². The van der Waals surface area contributed by atoms with Crippen LogP contribution in [0.1, 0.15) is 18.8 Å². The number of H-pyrrole nitrogens is 1. The van der Waals surface area contributed by atoms with E-state index in [4.69, 9.17) is 0 Å². The van der Waals surface area contributed by atoms with Crippen molar-refractivity contribution in [2.24, 2.45) is 7.05 Å². The van der Waals surface area contributed by atoms with Gasteiger partial charge in [-0.3, -0.25) is 4.79 Å². The van der Waals surface area contributed by atoms with Crippen LogP contribution in [0.2, 0.25) is 0 Å². The Hall–Kier alpha value is -2.04. The SMILES string of the molecule is CC(NS(=O)(=O)c1ccc2[nH]c(=O)sc2c1)c1nncn1C. The van der Waals surface area contributed by atoms with E-state index in [0.29, 0.717) is 16.0 Å². The number of hydrogen-bond donors (Lipinski definition) is 2. The van der Waals surface area contributed by atoms with E-state index in [9.17, 15) is 13.2 Å². The maximum Gasteiger partial charge on any atom is 0.305 e. The summed E-state index contributed by atoms with van der Waals surface area (Å²) in [4.78, 5) is 13.8.